The summed E-state index contributed by atoms with van der Waals surface area (Å²) in [6.45, 7) is 0.966. The molecule has 2 heteroatoms. The van der Waals surface area contributed by atoms with E-state index in [-0.39, 0.29) is 0 Å². The van der Waals surface area contributed by atoms with E-state index in [0.29, 0.717) is 0 Å². The number of aromatic nitrogens is 1. The van der Waals surface area contributed by atoms with Gasteiger partial charge in [0.05, 0.1) is 0 Å². The lowest BCUT2D eigenvalue weighted by Gasteiger charge is -1.96. The normalized spacial score (nSPS) is 9.70. The number of hydrogen-bond donors (Lipinski definition) is 1. The minimum absolute atomic E-state index is 0.956. The summed E-state index contributed by atoms with van der Waals surface area (Å²) in [6.07, 6.45) is 2.75. The second kappa shape index (κ2) is 4.01. The summed E-state index contributed by atoms with van der Waals surface area (Å²) < 4.78 is 0. The van der Waals surface area contributed by atoms with Crippen molar-refractivity contribution in [1.29, 1.82) is 0 Å². The zero-order valence-electron chi connectivity index (χ0n) is 6.09. The Bertz CT molecular complexity index is 172. The lowest BCUT2D eigenvalue weighted by Crippen LogP contribution is -2.10. The van der Waals surface area contributed by atoms with Crippen LogP contribution in [0.5, 0.6) is 0 Å². The molecule has 0 aliphatic rings. The number of rotatable bonds is 3. The molecule has 1 heterocycles. The van der Waals surface area contributed by atoms with E-state index >= 15 is 0 Å². The van der Waals surface area contributed by atoms with Gasteiger partial charge in [-0.3, -0.25) is 4.98 Å². The van der Waals surface area contributed by atoms with E-state index in [1.165, 1.54) is 0 Å². The van der Waals surface area contributed by atoms with E-state index in [1.807, 2.05) is 19.2 Å². The van der Waals surface area contributed by atoms with Crippen LogP contribution in [0.25, 0.3) is 0 Å². The van der Waals surface area contributed by atoms with Gasteiger partial charge in [0.25, 0.3) is 0 Å². The highest BCUT2D eigenvalue weighted by Gasteiger charge is 1.89. The number of hydrogen-bond acceptors (Lipinski definition) is 2. The Labute approximate surface area is 61.3 Å². The molecule has 1 N–H and O–H groups in total. The predicted molar refractivity (Wildman–Crippen MR) is 40.7 cm³/mol. The lowest BCUT2D eigenvalue weighted by atomic mass is 10.3. The Morgan fingerprint density at radius 1 is 1.70 bits per heavy atom. The molecule has 10 heavy (non-hydrogen) atoms. The molecule has 1 aromatic heterocycles. The molecule has 2 nitrogen and oxygen atoms in total. The average Bonchev–Trinajstić information content (AvgIpc) is 2.03. The van der Waals surface area contributed by atoms with E-state index in [1.54, 1.807) is 6.20 Å². The van der Waals surface area contributed by atoms with Gasteiger partial charge in [-0.1, -0.05) is 6.07 Å². The summed E-state index contributed by atoms with van der Waals surface area (Å²) in [6, 6.07) is 6.82. The first-order valence-corrected chi connectivity index (χ1v) is 3.39. The maximum atomic E-state index is 4.12. The van der Waals surface area contributed by atoms with Crippen LogP contribution < -0.4 is 5.32 Å². The summed E-state index contributed by atoms with van der Waals surface area (Å²) in [5.41, 5.74) is 1.02. The first kappa shape index (κ1) is 7.22. The fourth-order valence-electron chi connectivity index (χ4n) is 0.738. The summed E-state index contributed by atoms with van der Waals surface area (Å²) in [5, 5.41) is 3.06. The third-order valence-corrected chi connectivity index (χ3v) is 1.27. The van der Waals surface area contributed by atoms with Crippen molar-refractivity contribution >= 4 is 0 Å². The lowest BCUT2D eigenvalue weighted by molar-refractivity contribution is 0.775. The molecule has 0 aliphatic heterocycles. The third-order valence-electron chi connectivity index (χ3n) is 1.27. The predicted octanol–water partition coefficient (Wildman–Crippen LogP) is 0.644. The van der Waals surface area contributed by atoms with Crippen LogP contribution in [0.15, 0.2) is 18.3 Å². The topological polar surface area (TPSA) is 24.9 Å². The minimum atomic E-state index is 0.956. The van der Waals surface area contributed by atoms with Crippen LogP contribution in [-0.2, 0) is 6.42 Å². The van der Waals surface area contributed by atoms with Gasteiger partial charge < -0.3 is 5.32 Å². The molecule has 0 spiro atoms. The molecule has 0 fully saturated rings. The van der Waals surface area contributed by atoms with Crippen molar-refractivity contribution in [3.8, 4) is 0 Å². The quantitative estimate of drug-likeness (QED) is 0.658. The maximum absolute atomic E-state index is 4.12. The largest absolute Gasteiger partial charge is 0.319 e. The number of likely N-dealkylation sites (N-methyl/N-ethyl adjacent to an activating group) is 1. The standard InChI is InChI=1S/C8H11N2/c1-9-7-5-8-4-2-3-6-10-8/h2-3,6,9H,5,7H2,1H3. The monoisotopic (exact) mass is 135 g/mol. The molecule has 1 aromatic rings. The summed E-state index contributed by atoms with van der Waals surface area (Å²) in [4.78, 5) is 4.12. The van der Waals surface area contributed by atoms with Gasteiger partial charge >= 0.3 is 0 Å². The van der Waals surface area contributed by atoms with E-state index < -0.39 is 0 Å². The van der Waals surface area contributed by atoms with Crippen LogP contribution in [-0.4, -0.2) is 18.6 Å². The van der Waals surface area contributed by atoms with Crippen molar-refractivity contribution in [2.45, 2.75) is 6.42 Å². The van der Waals surface area contributed by atoms with Gasteiger partial charge in [0.1, 0.15) is 0 Å². The maximum Gasteiger partial charge on any atom is 0.0495 e. The first-order chi connectivity index (χ1) is 4.93. The fourth-order valence-corrected chi connectivity index (χ4v) is 0.738. The van der Waals surface area contributed by atoms with Crippen molar-refractivity contribution in [2.75, 3.05) is 13.6 Å². The zero-order valence-corrected chi connectivity index (χ0v) is 6.09. The fraction of sp³-hybridized carbons (Fsp3) is 0.375. The smallest absolute Gasteiger partial charge is 0.0495 e. The molecule has 0 saturated heterocycles. The molecule has 0 saturated carbocycles. The SMILES string of the molecule is CNCCc1[c]cccn1. The van der Waals surface area contributed by atoms with Crippen LogP contribution in [0.3, 0.4) is 0 Å². The van der Waals surface area contributed by atoms with Crippen LogP contribution in [0.2, 0.25) is 0 Å². The molecule has 0 atom stereocenters. The number of nitrogens with zero attached hydrogens (tertiary/aromatic N) is 1. The van der Waals surface area contributed by atoms with Gasteiger partial charge in [-0.25, -0.2) is 0 Å². The second-order valence-electron chi connectivity index (χ2n) is 2.08. The van der Waals surface area contributed by atoms with Gasteiger partial charge in [-0.05, 0) is 13.1 Å². The highest BCUT2D eigenvalue weighted by molar-refractivity contribution is 5.01. The second-order valence-corrected chi connectivity index (χ2v) is 2.08. The highest BCUT2D eigenvalue weighted by atomic mass is 14.8. The number of pyridine rings is 1. The van der Waals surface area contributed by atoms with Crippen LogP contribution in [0.4, 0.5) is 0 Å². The van der Waals surface area contributed by atoms with Crippen molar-refractivity contribution in [2.24, 2.45) is 0 Å². The third kappa shape index (κ3) is 2.15. The highest BCUT2D eigenvalue weighted by Crippen LogP contribution is 1.90. The van der Waals surface area contributed by atoms with Gasteiger partial charge in [0.15, 0.2) is 0 Å². The molecule has 1 radical (unpaired) electrons. The van der Waals surface area contributed by atoms with Crippen LogP contribution >= 0.6 is 0 Å². The Kier molecular flexibility index (Phi) is 2.90. The van der Waals surface area contributed by atoms with Gasteiger partial charge in [0, 0.05) is 30.9 Å². The zero-order chi connectivity index (χ0) is 7.23. The Balaban J connectivity index is 2.43. The van der Waals surface area contributed by atoms with E-state index in [2.05, 4.69) is 16.4 Å². The van der Waals surface area contributed by atoms with Crippen molar-refractivity contribution in [3.05, 3.63) is 30.1 Å². The molecule has 0 aliphatic carbocycles. The van der Waals surface area contributed by atoms with Crippen molar-refractivity contribution in [1.82, 2.24) is 10.3 Å². The molecular weight excluding hydrogens is 124 g/mol. The molecule has 0 amide bonds. The molecule has 0 bridgehead atoms. The molecular formula is C8H11N2. The van der Waals surface area contributed by atoms with Gasteiger partial charge in [-0.2, -0.15) is 0 Å². The Hall–Kier alpha value is -0.890. The van der Waals surface area contributed by atoms with E-state index in [4.69, 9.17) is 0 Å². The van der Waals surface area contributed by atoms with Gasteiger partial charge in [-0.15, -0.1) is 0 Å². The average molecular weight is 135 g/mol. The summed E-state index contributed by atoms with van der Waals surface area (Å²) in [7, 11) is 1.93. The first-order valence-electron chi connectivity index (χ1n) is 3.39. The van der Waals surface area contributed by atoms with Crippen molar-refractivity contribution < 1.29 is 0 Å². The van der Waals surface area contributed by atoms with Crippen LogP contribution in [0.1, 0.15) is 5.69 Å². The minimum Gasteiger partial charge on any atom is -0.319 e. The summed E-state index contributed by atoms with van der Waals surface area (Å²) in [5.74, 6) is 0. The summed E-state index contributed by atoms with van der Waals surface area (Å²) >= 11 is 0. The molecule has 0 unspecified atom stereocenters. The number of nitrogens with one attached hydrogen (secondary N) is 1. The van der Waals surface area contributed by atoms with E-state index in [9.17, 15) is 0 Å². The Morgan fingerprint density at radius 2 is 2.60 bits per heavy atom. The van der Waals surface area contributed by atoms with Gasteiger partial charge in [0.2, 0.25) is 0 Å². The molecule has 0 aromatic carbocycles. The Morgan fingerprint density at radius 3 is 3.20 bits per heavy atom. The van der Waals surface area contributed by atoms with E-state index in [0.717, 1.165) is 18.7 Å². The van der Waals surface area contributed by atoms with Crippen molar-refractivity contribution in [3.63, 3.8) is 0 Å². The van der Waals surface area contributed by atoms with Crippen LogP contribution in [0, 0.1) is 6.07 Å². The molecule has 53 valence electrons. The molecule has 1 rings (SSSR count).